The van der Waals surface area contributed by atoms with Gasteiger partial charge in [0.1, 0.15) is 18.0 Å². The van der Waals surface area contributed by atoms with Crippen LogP contribution in [0.2, 0.25) is 0 Å². The number of carbonyl (C=O) groups is 1. The van der Waals surface area contributed by atoms with Gasteiger partial charge in [-0.3, -0.25) is 14.7 Å². The molecular weight excluding hydrogens is 323 g/mol. The molecular formula is C17H23FN6O. The number of amides is 1. The standard InChI is InChI=1S/C17H23FN6O/c1-11-16(17(25)21-13-3-2-7-19-9-13)24-14(20-11)4-5-15(22-24)23-8-6-12(18)10-23/h2-5,9,12,14-15,19-20,22H,6-8,10H2,1H3,(H,21,25)/t12-,14?,15?/m0/s1. The van der Waals surface area contributed by atoms with E-state index < -0.39 is 6.17 Å². The van der Waals surface area contributed by atoms with E-state index in [-0.39, 0.29) is 18.2 Å². The minimum Gasteiger partial charge on any atom is -0.386 e. The van der Waals surface area contributed by atoms with E-state index in [9.17, 15) is 9.18 Å². The molecule has 134 valence electrons. The summed E-state index contributed by atoms with van der Waals surface area (Å²) in [6.07, 6.45) is 9.21. The fourth-order valence-corrected chi connectivity index (χ4v) is 3.57. The van der Waals surface area contributed by atoms with Crippen molar-refractivity contribution in [1.82, 2.24) is 31.3 Å². The van der Waals surface area contributed by atoms with Crippen molar-refractivity contribution in [1.29, 1.82) is 0 Å². The number of dihydropyridines is 1. The van der Waals surface area contributed by atoms with Crippen LogP contribution in [0.1, 0.15) is 13.3 Å². The highest BCUT2D eigenvalue weighted by molar-refractivity contribution is 5.95. The fourth-order valence-electron chi connectivity index (χ4n) is 3.57. The van der Waals surface area contributed by atoms with Gasteiger partial charge in [0, 0.05) is 31.5 Å². The molecule has 4 rings (SSSR count). The molecule has 0 aromatic carbocycles. The Balaban J connectivity index is 1.48. The van der Waals surface area contributed by atoms with Gasteiger partial charge in [-0.05, 0) is 25.5 Å². The first kappa shape index (κ1) is 16.2. The summed E-state index contributed by atoms with van der Waals surface area (Å²) in [6, 6.07) is 0. The molecule has 4 aliphatic heterocycles. The molecule has 0 aromatic rings. The topological polar surface area (TPSA) is 71.7 Å². The van der Waals surface area contributed by atoms with Gasteiger partial charge < -0.3 is 16.0 Å². The second kappa shape index (κ2) is 6.53. The van der Waals surface area contributed by atoms with Crippen LogP contribution in [-0.2, 0) is 4.79 Å². The molecule has 0 radical (unpaired) electrons. The van der Waals surface area contributed by atoms with E-state index in [0.717, 1.165) is 17.9 Å². The first-order valence-electron chi connectivity index (χ1n) is 8.62. The van der Waals surface area contributed by atoms with Crippen LogP contribution in [0.3, 0.4) is 0 Å². The third-order valence-electron chi connectivity index (χ3n) is 4.80. The summed E-state index contributed by atoms with van der Waals surface area (Å²) in [5.74, 6) is -0.182. The third-order valence-corrected chi connectivity index (χ3v) is 4.80. The third kappa shape index (κ3) is 3.14. The molecule has 2 unspecified atom stereocenters. The van der Waals surface area contributed by atoms with Crippen LogP contribution < -0.4 is 21.4 Å². The van der Waals surface area contributed by atoms with Crippen molar-refractivity contribution in [3.05, 3.63) is 47.6 Å². The lowest BCUT2D eigenvalue weighted by Gasteiger charge is -2.38. The highest BCUT2D eigenvalue weighted by atomic mass is 19.1. The van der Waals surface area contributed by atoms with Crippen LogP contribution in [0.5, 0.6) is 0 Å². The van der Waals surface area contributed by atoms with Crippen LogP contribution in [-0.4, -0.2) is 54.0 Å². The van der Waals surface area contributed by atoms with E-state index in [1.807, 2.05) is 36.2 Å². The maximum atomic E-state index is 13.5. The van der Waals surface area contributed by atoms with Crippen molar-refractivity contribution in [3.63, 3.8) is 0 Å². The summed E-state index contributed by atoms with van der Waals surface area (Å²) in [7, 11) is 0. The number of halogens is 1. The zero-order valence-electron chi connectivity index (χ0n) is 14.1. The normalized spacial score (nSPS) is 31.5. The molecule has 0 spiro atoms. The molecule has 1 fully saturated rings. The number of carbonyl (C=O) groups excluding carboxylic acids is 1. The SMILES string of the molecule is CC1=C(C(=O)NC2=CNCC=C2)N2NC(N3CC[C@H](F)C3)C=CC2N1. The van der Waals surface area contributed by atoms with Gasteiger partial charge in [0.15, 0.2) is 0 Å². The summed E-state index contributed by atoms with van der Waals surface area (Å²) < 4.78 is 13.5. The molecule has 3 atom stereocenters. The predicted molar refractivity (Wildman–Crippen MR) is 92.0 cm³/mol. The number of hydrogen-bond acceptors (Lipinski definition) is 6. The quantitative estimate of drug-likeness (QED) is 0.540. The monoisotopic (exact) mass is 346 g/mol. The van der Waals surface area contributed by atoms with Crippen molar-refractivity contribution in [2.24, 2.45) is 0 Å². The van der Waals surface area contributed by atoms with Crippen LogP contribution in [0.15, 0.2) is 47.6 Å². The van der Waals surface area contributed by atoms with Crippen molar-refractivity contribution >= 4 is 5.91 Å². The fraction of sp³-hybridized carbons (Fsp3) is 0.471. The summed E-state index contributed by atoms with van der Waals surface area (Å²) in [5.41, 5.74) is 5.43. The Morgan fingerprint density at radius 1 is 1.36 bits per heavy atom. The molecule has 4 aliphatic rings. The molecule has 4 heterocycles. The van der Waals surface area contributed by atoms with Gasteiger partial charge in [-0.1, -0.05) is 12.2 Å². The van der Waals surface area contributed by atoms with Gasteiger partial charge in [0.05, 0.1) is 11.9 Å². The number of alkyl halides is 1. The van der Waals surface area contributed by atoms with Crippen LogP contribution in [0, 0.1) is 0 Å². The van der Waals surface area contributed by atoms with E-state index in [4.69, 9.17) is 0 Å². The summed E-state index contributed by atoms with van der Waals surface area (Å²) in [6.45, 7) is 3.77. The van der Waals surface area contributed by atoms with Crippen LogP contribution in [0.4, 0.5) is 4.39 Å². The lowest BCUT2D eigenvalue weighted by atomic mass is 10.2. The van der Waals surface area contributed by atoms with Crippen LogP contribution >= 0.6 is 0 Å². The van der Waals surface area contributed by atoms with Crippen molar-refractivity contribution in [3.8, 4) is 0 Å². The van der Waals surface area contributed by atoms with Crippen molar-refractivity contribution in [2.45, 2.75) is 31.8 Å². The Morgan fingerprint density at radius 3 is 2.92 bits per heavy atom. The molecule has 0 aliphatic carbocycles. The average Bonchev–Trinajstić information content (AvgIpc) is 3.17. The van der Waals surface area contributed by atoms with E-state index in [2.05, 4.69) is 26.3 Å². The maximum absolute atomic E-state index is 13.5. The zero-order valence-corrected chi connectivity index (χ0v) is 14.1. The molecule has 0 bridgehead atoms. The van der Waals surface area contributed by atoms with E-state index >= 15 is 0 Å². The Kier molecular flexibility index (Phi) is 4.22. The van der Waals surface area contributed by atoms with Gasteiger partial charge in [-0.15, -0.1) is 0 Å². The lowest BCUT2D eigenvalue weighted by molar-refractivity contribution is -0.119. The predicted octanol–water partition coefficient (Wildman–Crippen LogP) is 0.0105. The van der Waals surface area contributed by atoms with Crippen molar-refractivity contribution < 1.29 is 9.18 Å². The molecule has 1 amide bonds. The number of allylic oxidation sites excluding steroid dienone is 2. The van der Waals surface area contributed by atoms with Gasteiger partial charge in [-0.2, -0.15) is 0 Å². The first-order valence-corrected chi connectivity index (χ1v) is 8.62. The van der Waals surface area contributed by atoms with Crippen molar-refractivity contribution in [2.75, 3.05) is 19.6 Å². The molecule has 7 nitrogen and oxygen atoms in total. The van der Waals surface area contributed by atoms with E-state index in [0.29, 0.717) is 25.2 Å². The number of nitrogens with zero attached hydrogens (tertiary/aromatic N) is 2. The zero-order chi connectivity index (χ0) is 17.4. The molecule has 25 heavy (non-hydrogen) atoms. The number of hydrazine groups is 1. The van der Waals surface area contributed by atoms with Gasteiger partial charge in [0.2, 0.25) is 0 Å². The summed E-state index contributed by atoms with van der Waals surface area (Å²) in [4.78, 5) is 14.8. The Morgan fingerprint density at radius 2 is 2.20 bits per heavy atom. The number of nitrogens with one attached hydrogen (secondary N) is 4. The number of likely N-dealkylation sites (tertiary alicyclic amines) is 1. The van der Waals surface area contributed by atoms with Gasteiger partial charge in [-0.25, -0.2) is 9.82 Å². The number of fused-ring (bicyclic) bond motifs is 1. The largest absolute Gasteiger partial charge is 0.386 e. The highest BCUT2D eigenvalue weighted by Gasteiger charge is 2.38. The second-order valence-electron chi connectivity index (χ2n) is 6.64. The summed E-state index contributed by atoms with van der Waals surface area (Å²) in [5, 5.41) is 11.1. The van der Waals surface area contributed by atoms with Gasteiger partial charge in [0.25, 0.3) is 5.91 Å². The Bertz CT molecular complexity index is 685. The smallest absolute Gasteiger partial charge is 0.275 e. The average molecular weight is 346 g/mol. The second-order valence-corrected chi connectivity index (χ2v) is 6.64. The number of rotatable bonds is 3. The molecule has 0 saturated carbocycles. The minimum atomic E-state index is -0.776. The maximum Gasteiger partial charge on any atom is 0.275 e. The number of hydrogen-bond donors (Lipinski definition) is 4. The Hall–Kier alpha value is -2.32. The van der Waals surface area contributed by atoms with Crippen LogP contribution in [0.25, 0.3) is 0 Å². The van der Waals surface area contributed by atoms with E-state index in [1.54, 1.807) is 6.20 Å². The molecule has 0 aromatic heterocycles. The Labute approximate surface area is 146 Å². The van der Waals surface area contributed by atoms with Gasteiger partial charge >= 0.3 is 0 Å². The molecule has 1 saturated heterocycles. The molecule has 8 heteroatoms. The first-order chi connectivity index (χ1) is 12.1. The molecule has 4 N–H and O–H groups in total. The lowest BCUT2D eigenvalue weighted by Crippen LogP contribution is -2.58. The summed E-state index contributed by atoms with van der Waals surface area (Å²) >= 11 is 0. The van der Waals surface area contributed by atoms with E-state index in [1.165, 1.54) is 0 Å². The highest BCUT2D eigenvalue weighted by Crippen LogP contribution is 2.25. The minimum absolute atomic E-state index is 0.108.